The van der Waals surface area contributed by atoms with Gasteiger partial charge in [0.1, 0.15) is 12.9 Å². The average molecular weight is 126 g/mol. The van der Waals surface area contributed by atoms with Gasteiger partial charge in [-0.15, -0.1) is 0 Å². The Balaban J connectivity index is -0.000000245. The number of rotatable bonds is 5. The fraction of sp³-hybridized carbons (Fsp3) is 0.800. The normalized spacial score (nSPS) is 8.11. The Hall–Kier alpha value is 0.187. The van der Waals surface area contributed by atoms with Crippen molar-refractivity contribution in [1.82, 2.24) is 0 Å². The van der Waals surface area contributed by atoms with Crippen LogP contribution in [0.1, 0.15) is 1.43 Å². The van der Waals surface area contributed by atoms with Crippen LogP contribution in [0.3, 0.4) is 0 Å². The molecule has 0 aliphatic heterocycles. The van der Waals surface area contributed by atoms with E-state index in [1.165, 1.54) is 0 Å². The minimum absolute atomic E-state index is 0. The van der Waals surface area contributed by atoms with E-state index < -0.39 is 0 Å². The zero-order valence-electron chi connectivity index (χ0n) is 6.92. The summed E-state index contributed by atoms with van der Waals surface area (Å²) < 4.78 is 9.38. The Morgan fingerprint density at radius 1 is 1.56 bits per heavy atom. The average Bonchev–Trinajstić information content (AvgIpc) is 1.81. The van der Waals surface area contributed by atoms with Gasteiger partial charge in [0, 0.05) is 7.11 Å². The van der Waals surface area contributed by atoms with Crippen molar-refractivity contribution in [2.24, 2.45) is 0 Å². The predicted octanol–water partition coefficient (Wildman–Crippen LogP) is -3.04. The molecule has 0 N–H and O–H groups in total. The Labute approximate surface area is 68.4 Å². The molecule has 3 nitrogen and oxygen atoms in total. The molecule has 9 heavy (non-hydrogen) atoms. The van der Waals surface area contributed by atoms with Gasteiger partial charge < -0.3 is 15.7 Å². The molecule has 0 saturated heterocycles. The molecule has 4 heteroatoms. The van der Waals surface area contributed by atoms with Gasteiger partial charge in [0.15, 0.2) is 0 Å². The minimum Gasteiger partial charge on any atom is -1.00 e. The van der Waals surface area contributed by atoms with Crippen LogP contribution in [0.25, 0.3) is 0 Å². The zero-order chi connectivity index (χ0) is 6.24. The zero-order valence-corrected chi connectivity index (χ0v) is 5.92. The topological polar surface area (TPSA) is 35.5 Å². The third kappa shape index (κ3) is 11.6. The largest absolute Gasteiger partial charge is 1.00 e. The van der Waals surface area contributed by atoms with Crippen LogP contribution in [0, 0.1) is 0 Å². The first-order valence-electron chi connectivity index (χ1n) is 2.42. The van der Waals surface area contributed by atoms with Crippen LogP contribution in [0.5, 0.6) is 0 Å². The summed E-state index contributed by atoms with van der Waals surface area (Å²) in [5, 5.41) is 0. The van der Waals surface area contributed by atoms with Crippen molar-refractivity contribution in [2.75, 3.05) is 26.9 Å². The molecule has 0 aliphatic rings. The van der Waals surface area contributed by atoms with Crippen LogP contribution in [0.15, 0.2) is 0 Å². The van der Waals surface area contributed by atoms with Crippen LogP contribution in [-0.2, 0) is 14.3 Å². The summed E-state index contributed by atoms with van der Waals surface area (Å²) in [7, 11) is 1.59. The molecule has 0 radical (unpaired) electrons. The Morgan fingerprint density at radius 3 is 2.67 bits per heavy atom. The summed E-state index contributed by atoms with van der Waals surface area (Å²) in [6.07, 6.45) is 0.718. The van der Waals surface area contributed by atoms with E-state index in [4.69, 9.17) is 4.74 Å². The first kappa shape index (κ1) is 11.9. The van der Waals surface area contributed by atoms with Crippen LogP contribution in [0.4, 0.5) is 0 Å². The molecule has 0 saturated carbocycles. The van der Waals surface area contributed by atoms with E-state index in [1.54, 1.807) is 7.11 Å². The molecule has 0 aromatic carbocycles. The summed E-state index contributed by atoms with van der Waals surface area (Å²) in [5.74, 6) is 0. The number of aldehydes is 1. The van der Waals surface area contributed by atoms with Gasteiger partial charge in [-0.2, -0.15) is 0 Å². The second-order valence-electron chi connectivity index (χ2n) is 1.23. The summed E-state index contributed by atoms with van der Waals surface area (Å²) in [4.78, 5) is 9.60. The maximum absolute atomic E-state index is 9.60. The molecule has 0 atom stereocenters. The van der Waals surface area contributed by atoms with E-state index in [0.717, 1.165) is 6.29 Å². The Bertz CT molecular complexity index is 62.9. The molecule has 50 valence electrons. The number of methoxy groups -OCH3 is 1. The summed E-state index contributed by atoms with van der Waals surface area (Å²) in [6.45, 7) is 1.21. The third-order valence-corrected chi connectivity index (χ3v) is 0.618. The van der Waals surface area contributed by atoms with Crippen LogP contribution in [-0.4, -0.2) is 33.2 Å². The van der Waals surface area contributed by atoms with Crippen molar-refractivity contribution in [3.63, 3.8) is 0 Å². The van der Waals surface area contributed by atoms with E-state index in [1.807, 2.05) is 0 Å². The number of ether oxygens (including phenoxy) is 2. The maximum atomic E-state index is 9.60. The van der Waals surface area contributed by atoms with Crippen molar-refractivity contribution in [3.05, 3.63) is 0 Å². The molecule has 0 bridgehead atoms. The maximum Gasteiger partial charge on any atom is 1.00 e. The number of carbonyl (C=O) groups is 1. The molecule has 0 aromatic rings. The standard InChI is InChI=1S/C5H10O3.Li.H/c1-7-4-5-8-3-2-6;;/h2H,3-5H2,1H3;;/q;+1;-1. The van der Waals surface area contributed by atoms with E-state index in [-0.39, 0.29) is 26.9 Å². The van der Waals surface area contributed by atoms with Crippen molar-refractivity contribution < 1.29 is 34.6 Å². The molecule has 0 heterocycles. The van der Waals surface area contributed by atoms with Gasteiger partial charge in [-0.25, -0.2) is 0 Å². The number of hydrogen-bond donors (Lipinski definition) is 0. The SMILES string of the molecule is COCCOCC=O.[H-].[Li+]. The van der Waals surface area contributed by atoms with Crippen LogP contribution >= 0.6 is 0 Å². The first-order valence-corrected chi connectivity index (χ1v) is 2.42. The second-order valence-corrected chi connectivity index (χ2v) is 1.23. The molecule has 0 amide bonds. The Kier molecular flexibility index (Phi) is 14.6. The van der Waals surface area contributed by atoms with Gasteiger partial charge in [0.25, 0.3) is 0 Å². The smallest absolute Gasteiger partial charge is 1.00 e. The fourth-order valence-corrected chi connectivity index (χ4v) is 0.274. The molecule has 0 aliphatic carbocycles. The molecule has 0 unspecified atom stereocenters. The minimum atomic E-state index is 0. The van der Waals surface area contributed by atoms with Gasteiger partial charge >= 0.3 is 18.9 Å². The molecule has 0 rings (SSSR count). The van der Waals surface area contributed by atoms with E-state index in [9.17, 15) is 4.79 Å². The van der Waals surface area contributed by atoms with Crippen molar-refractivity contribution in [1.29, 1.82) is 0 Å². The number of hydrogen-bond acceptors (Lipinski definition) is 3. The predicted molar refractivity (Wildman–Crippen MR) is 29.9 cm³/mol. The molecular formula is C5H11LiO3. The van der Waals surface area contributed by atoms with Gasteiger partial charge in [-0.05, 0) is 0 Å². The van der Waals surface area contributed by atoms with Gasteiger partial charge in [0.2, 0.25) is 0 Å². The van der Waals surface area contributed by atoms with Crippen LogP contribution < -0.4 is 18.9 Å². The third-order valence-electron chi connectivity index (χ3n) is 0.618. The van der Waals surface area contributed by atoms with Gasteiger partial charge in [-0.1, -0.05) is 0 Å². The Morgan fingerprint density at radius 2 is 2.22 bits per heavy atom. The second kappa shape index (κ2) is 11.0. The van der Waals surface area contributed by atoms with Crippen LogP contribution in [0.2, 0.25) is 0 Å². The van der Waals surface area contributed by atoms with E-state index in [0.29, 0.717) is 13.2 Å². The van der Waals surface area contributed by atoms with Gasteiger partial charge in [-0.3, -0.25) is 0 Å². The fourth-order valence-electron chi connectivity index (χ4n) is 0.274. The monoisotopic (exact) mass is 126 g/mol. The van der Waals surface area contributed by atoms with E-state index >= 15 is 0 Å². The molecule has 0 aromatic heterocycles. The summed E-state index contributed by atoms with van der Waals surface area (Å²) in [6, 6.07) is 0. The molecule has 0 spiro atoms. The van der Waals surface area contributed by atoms with E-state index in [2.05, 4.69) is 4.74 Å². The van der Waals surface area contributed by atoms with Crippen molar-refractivity contribution >= 4 is 6.29 Å². The molecule has 0 fully saturated rings. The first-order chi connectivity index (χ1) is 3.91. The number of carbonyl (C=O) groups excluding carboxylic acids is 1. The quantitative estimate of drug-likeness (QED) is 0.223. The summed E-state index contributed by atoms with van der Waals surface area (Å²) >= 11 is 0. The summed E-state index contributed by atoms with van der Waals surface area (Å²) in [5.41, 5.74) is 0. The molecular weight excluding hydrogens is 115 g/mol. The van der Waals surface area contributed by atoms with Gasteiger partial charge in [0.05, 0.1) is 13.2 Å². The van der Waals surface area contributed by atoms with Crippen molar-refractivity contribution in [3.8, 4) is 0 Å². The van der Waals surface area contributed by atoms with Crippen molar-refractivity contribution in [2.45, 2.75) is 0 Å².